The van der Waals surface area contributed by atoms with Crippen LogP contribution in [0.25, 0.3) is 11.1 Å². The highest BCUT2D eigenvalue weighted by Crippen LogP contribution is 2.26. The third-order valence-electron chi connectivity index (χ3n) is 3.72. The molecule has 0 amide bonds. The van der Waals surface area contributed by atoms with Gasteiger partial charge in [0.2, 0.25) is 0 Å². The molecule has 0 unspecified atom stereocenters. The van der Waals surface area contributed by atoms with Crippen molar-refractivity contribution < 1.29 is 0 Å². The molecule has 0 saturated carbocycles. The van der Waals surface area contributed by atoms with Gasteiger partial charge < -0.3 is 5.32 Å². The second-order valence-corrected chi connectivity index (χ2v) is 6.25. The Morgan fingerprint density at radius 3 is 2.26 bits per heavy atom. The third-order valence-corrected chi connectivity index (χ3v) is 4.44. The predicted octanol–water partition coefficient (Wildman–Crippen LogP) is 3.82. The molecule has 1 aliphatic heterocycles. The van der Waals surface area contributed by atoms with Gasteiger partial charge in [0.15, 0.2) is 0 Å². The highest BCUT2D eigenvalue weighted by atomic mass is 127. The van der Waals surface area contributed by atoms with Gasteiger partial charge >= 0.3 is 0 Å². The highest BCUT2D eigenvalue weighted by molar-refractivity contribution is 14.1. The summed E-state index contributed by atoms with van der Waals surface area (Å²) in [4.78, 5) is 4.67. The summed E-state index contributed by atoms with van der Waals surface area (Å²) in [6.45, 7) is 2.23. The molecule has 0 aliphatic carbocycles. The van der Waals surface area contributed by atoms with E-state index in [2.05, 4.69) is 69.3 Å². The van der Waals surface area contributed by atoms with Gasteiger partial charge in [0.05, 0.1) is 0 Å². The van der Waals surface area contributed by atoms with Crippen molar-refractivity contribution in [2.75, 3.05) is 13.1 Å². The lowest BCUT2D eigenvalue weighted by Crippen LogP contribution is -2.26. The van der Waals surface area contributed by atoms with Gasteiger partial charge in [-0.15, -0.1) is 0 Å². The second kappa shape index (κ2) is 6.01. The maximum Gasteiger partial charge on any atom is 0.0435 e. The van der Waals surface area contributed by atoms with Crippen LogP contribution in [-0.2, 0) is 0 Å². The Kier molecular flexibility index (Phi) is 4.13. The van der Waals surface area contributed by atoms with E-state index in [1.165, 1.54) is 33.2 Å². The van der Waals surface area contributed by atoms with E-state index in [0.717, 1.165) is 13.1 Å². The summed E-state index contributed by atoms with van der Waals surface area (Å²) in [5.41, 5.74) is 3.69. The van der Waals surface area contributed by atoms with Gasteiger partial charge in [0, 0.05) is 26.9 Å². The van der Waals surface area contributed by atoms with Crippen molar-refractivity contribution >= 4 is 22.6 Å². The number of hydrogen-bond donors (Lipinski definition) is 1. The Morgan fingerprint density at radius 1 is 0.947 bits per heavy atom. The zero-order valence-electron chi connectivity index (χ0n) is 10.8. The average Bonchev–Trinajstić information content (AvgIpc) is 2.49. The summed E-state index contributed by atoms with van der Waals surface area (Å²) in [6.07, 6.45) is 4.42. The summed E-state index contributed by atoms with van der Waals surface area (Å²) >= 11 is 2.33. The van der Waals surface area contributed by atoms with Gasteiger partial charge in [-0.1, -0.05) is 18.2 Å². The molecular weight excluding hydrogens is 347 g/mol. The molecule has 1 saturated heterocycles. The van der Waals surface area contributed by atoms with Crippen LogP contribution in [0.2, 0.25) is 0 Å². The number of rotatable bonds is 2. The van der Waals surface area contributed by atoms with Crippen LogP contribution in [0.4, 0.5) is 0 Å². The molecule has 0 spiro atoms. The standard InChI is InChI=1S/C16H17IN2/c17-15-4-1-12(2-5-15)14-3-6-16(19-11-14)13-7-9-18-10-8-13/h1-6,11,13,18H,7-10H2. The van der Waals surface area contributed by atoms with E-state index in [0.29, 0.717) is 5.92 Å². The first kappa shape index (κ1) is 13.1. The molecular formula is C16H17IN2. The molecule has 2 heterocycles. The van der Waals surface area contributed by atoms with Crippen LogP contribution in [0.5, 0.6) is 0 Å². The number of nitrogens with one attached hydrogen (secondary N) is 1. The van der Waals surface area contributed by atoms with Gasteiger partial charge in [-0.25, -0.2) is 0 Å². The molecule has 2 aromatic rings. The minimum atomic E-state index is 0.632. The number of piperidine rings is 1. The van der Waals surface area contributed by atoms with Crippen molar-refractivity contribution in [3.8, 4) is 11.1 Å². The first-order chi connectivity index (χ1) is 9.33. The normalized spacial score (nSPS) is 16.5. The van der Waals surface area contributed by atoms with Crippen molar-refractivity contribution in [1.29, 1.82) is 0 Å². The van der Waals surface area contributed by atoms with Crippen molar-refractivity contribution in [2.45, 2.75) is 18.8 Å². The first-order valence-electron chi connectivity index (χ1n) is 6.75. The van der Waals surface area contributed by atoms with Gasteiger partial charge in [-0.3, -0.25) is 4.98 Å². The molecule has 3 rings (SSSR count). The molecule has 1 aromatic heterocycles. The molecule has 0 bridgehead atoms. The van der Waals surface area contributed by atoms with Crippen LogP contribution in [0.15, 0.2) is 42.6 Å². The molecule has 0 radical (unpaired) electrons. The number of aromatic nitrogens is 1. The van der Waals surface area contributed by atoms with E-state index < -0.39 is 0 Å². The van der Waals surface area contributed by atoms with Crippen LogP contribution in [0, 0.1) is 3.57 Å². The second-order valence-electron chi connectivity index (χ2n) is 5.00. The van der Waals surface area contributed by atoms with Crippen LogP contribution in [0.3, 0.4) is 0 Å². The van der Waals surface area contributed by atoms with E-state index in [-0.39, 0.29) is 0 Å². The summed E-state index contributed by atoms with van der Waals surface area (Å²) in [5, 5.41) is 3.40. The Morgan fingerprint density at radius 2 is 1.63 bits per heavy atom. The van der Waals surface area contributed by atoms with Crippen molar-refractivity contribution in [3.63, 3.8) is 0 Å². The molecule has 2 nitrogen and oxygen atoms in total. The largest absolute Gasteiger partial charge is 0.317 e. The maximum atomic E-state index is 4.67. The fourth-order valence-electron chi connectivity index (χ4n) is 2.58. The van der Waals surface area contributed by atoms with Gasteiger partial charge in [0.25, 0.3) is 0 Å². The topological polar surface area (TPSA) is 24.9 Å². The molecule has 19 heavy (non-hydrogen) atoms. The summed E-state index contributed by atoms with van der Waals surface area (Å²) in [5.74, 6) is 0.632. The molecule has 1 fully saturated rings. The zero-order chi connectivity index (χ0) is 13.1. The van der Waals surface area contributed by atoms with Gasteiger partial charge in [0.1, 0.15) is 0 Å². The lowest BCUT2D eigenvalue weighted by Gasteiger charge is -2.22. The number of pyridine rings is 1. The number of nitrogens with zero attached hydrogens (tertiary/aromatic N) is 1. The van der Waals surface area contributed by atoms with Crippen LogP contribution < -0.4 is 5.32 Å². The first-order valence-corrected chi connectivity index (χ1v) is 7.83. The Labute approximate surface area is 127 Å². The van der Waals surface area contributed by atoms with Gasteiger partial charge in [-0.05, 0) is 72.3 Å². The van der Waals surface area contributed by atoms with E-state index in [4.69, 9.17) is 0 Å². The smallest absolute Gasteiger partial charge is 0.0435 e. The van der Waals surface area contributed by atoms with Gasteiger partial charge in [-0.2, -0.15) is 0 Å². The molecule has 3 heteroatoms. The molecule has 1 N–H and O–H groups in total. The van der Waals surface area contributed by atoms with Crippen LogP contribution in [-0.4, -0.2) is 18.1 Å². The lowest BCUT2D eigenvalue weighted by atomic mass is 9.93. The maximum absolute atomic E-state index is 4.67. The van der Waals surface area contributed by atoms with E-state index >= 15 is 0 Å². The van der Waals surface area contributed by atoms with Crippen LogP contribution in [0.1, 0.15) is 24.5 Å². The number of hydrogen-bond acceptors (Lipinski definition) is 2. The SMILES string of the molecule is Ic1ccc(-c2ccc(C3CCNCC3)nc2)cc1. The Balaban J connectivity index is 1.80. The number of halogens is 1. The molecule has 0 atom stereocenters. The Bertz CT molecular complexity index is 528. The minimum absolute atomic E-state index is 0.632. The summed E-state index contributed by atoms with van der Waals surface area (Å²) in [6, 6.07) is 13.0. The molecule has 98 valence electrons. The highest BCUT2D eigenvalue weighted by Gasteiger charge is 2.16. The Hall–Kier alpha value is -0.940. The fraction of sp³-hybridized carbons (Fsp3) is 0.312. The van der Waals surface area contributed by atoms with Crippen LogP contribution >= 0.6 is 22.6 Å². The monoisotopic (exact) mass is 364 g/mol. The van der Waals surface area contributed by atoms with Crippen molar-refractivity contribution in [2.24, 2.45) is 0 Å². The average molecular weight is 364 g/mol. The van der Waals surface area contributed by atoms with Crippen molar-refractivity contribution in [1.82, 2.24) is 10.3 Å². The third kappa shape index (κ3) is 3.15. The summed E-state index contributed by atoms with van der Waals surface area (Å²) in [7, 11) is 0. The molecule has 1 aromatic carbocycles. The fourth-order valence-corrected chi connectivity index (χ4v) is 2.94. The van der Waals surface area contributed by atoms with E-state index in [1.807, 2.05) is 6.20 Å². The molecule has 1 aliphatic rings. The zero-order valence-corrected chi connectivity index (χ0v) is 12.9. The minimum Gasteiger partial charge on any atom is -0.317 e. The van der Waals surface area contributed by atoms with E-state index in [1.54, 1.807) is 0 Å². The number of benzene rings is 1. The van der Waals surface area contributed by atoms with Crippen molar-refractivity contribution in [3.05, 3.63) is 51.9 Å². The van der Waals surface area contributed by atoms with E-state index in [9.17, 15) is 0 Å². The predicted molar refractivity (Wildman–Crippen MR) is 87.2 cm³/mol. The quantitative estimate of drug-likeness (QED) is 0.820. The summed E-state index contributed by atoms with van der Waals surface area (Å²) < 4.78 is 1.26. The lowest BCUT2D eigenvalue weighted by molar-refractivity contribution is 0.453.